The summed E-state index contributed by atoms with van der Waals surface area (Å²) in [7, 11) is 0. The third kappa shape index (κ3) is 6.17. The van der Waals surface area contributed by atoms with Gasteiger partial charge < -0.3 is 10.6 Å². The van der Waals surface area contributed by atoms with Crippen LogP contribution in [0.3, 0.4) is 0 Å². The van der Waals surface area contributed by atoms with Crippen LogP contribution in [0.25, 0.3) is 0 Å². The first kappa shape index (κ1) is 15.9. The van der Waals surface area contributed by atoms with Gasteiger partial charge in [0.15, 0.2) is 0 Å². The fourth-order valence-corrected chi connectivity index (χ4v) is 2.47. The second-order valence-electron chi connectivity index (χ2n) is 7.56. The van der Waals surface area contributed by atoms with E-state index in [1.807, 2.05) is 0 Å². The fraction of sp³-hybridized carbons (Fsp3) is 1.00. The number of likely N-dealkylation sites (tertiary alicyclic amines) is 1. The molecule has 0 amide bonds. The average Bonchev–Trinajstić information content (AvgIpc) is 2.22. The van der Waals surface area contributed by atoms with E-state index in [-0.39, 0.29) is 5.54 Å². The van der Waals surface area contributed by atoms with Crippen molar-refractivity contribution in [3.8, 4) is 0 Å². The Morgan fingerprint density at radius 2 is 1.50 bits per heavy atom. The van der Waals surface area contributed by atoms with Gasteiger partial charge in [-0.1, -0.05) is 0 Å². The van der Waals surface area contributed by atoms with E-state index in [4.69, 9.17) is 0 Å². The summed E-state index contributed by atoms with van der Waals surface area (Å²) in [4.78, 5) is 2.60. The van der Waals surface area contributed by atoms with Gasteiger partial charge in [-0.2, -0.15) is 0 Å². The molecule has 3 heteroatoms. The monoisotopic (exact) mass is 255 g/mol. The molecule has 3 nitrogen and oxygen atoms in total. The lowest BCUT2D eigenvalue weighted by atomic mass is 9.98. The quantitative estimate of drug-likeness (QED) is 0.754. The van der Waals surface area contributed by atoms with E-state index in [2.05, 4.69) is 57.1 Å². The van der Waals surface area contributed by atoms with Gasteiger partial charge in [0.05, 0.1) is 0 Å². The van der Waals surface area contributed by atoms with Crippen molar-refractivity contribution >= 4 is 0 Å². The molecule has 2 N–H and O–H groups in total. The molecular formula is C15H33N3. The third-order valence-corrected chi connectivity index (χ3v) is 3.66. The predicted octanol–water partition coefficient (Wildman–Crippen LogP) is 2.23. The zero-order chi connectivity index (χ0) is 13.8. The molecule has 0 saturated carbocycles. The average molecular weight is 255 g/mol. The number of hydrogen-bond acceptors (Lipinski definition) is 3. The van der Waals surface area contributed by atoms with Crippen molar-refractivity contribution in [3.05, 3.63) is 0 Å². The van der Waals surface area contributed by atoms with Gasteiger partial charge >= 0.3 is 0 Å². The molecule has 1 rings (SSSR count). The Labute approximate surface area is 114 Å². The number of nitrogens with one attached hydrogen (secondary N) is 2. The molecule has 0 bridgehead atoms. The molecule has 1 heterocycles. The van der Waals surface area contributed by atoms with Gasteiger partial charge in [-0.05, 0) is 54.4 Å². The topological polar surface area (TPSA) is 27.3 Å². The zero-order valence-electron chi connectivity index (χ0n) is 13.3. The van der Waals surface area contributed by atoms with E-state index >= 15 is 0 Å². The molecule has 0 aromatic rings. The zero-order valence-corrected chi connectivity index (χ0v) is 13.3. The maximum atomic E-state index is 3.68. The summed E-state index contributed by atoms with van der Waals surface area (Å²) in [6.45, 7) is 18.2. The molecule has 18 heavy (non-hydrogen) atoms. The van der Waals surface area contributed by atoms with Crippen LogP contribution < -0.4 is 10.6 Å². The maximum Gasteiger partial charge on any atom is 0.0125 e. The van der Waals surface area contributed by atoms with E-state index in [1.54, 1.807) is 0 Å². The van der Waals surface area contributed by atoms with Crippen molar-refractivity contribution in [2.75, 3.05) is 26.2 Å². The van der Waals surface area contributed by atoms with E-state index < -0.39 is 0 Å². The summed E-state index contributed by atoms with van der Waals surface area (Å²) >= 11 is 0. The summed E-state index contributed by atoms with van der Waals surface area (Å²) in [5.41, 5.74) is 0.566. The van der Waals surface area contributed by atoms with E-state index in [9.17, 15) is 0 Å². The SMILES string of the molecule is CC(C)(C)NCCNC1CCN(C(C)(C)C)CC1. The number of rotatable bonds is 4. The van der Waals surface area contributed by atoms with Gasteiger partial charge in [-0.15, -0.1) is 0 Å². The molecule has 1 aliphatic rings. The van der Waals surface area contributed by atoms with Gasteiger partial charge in [0.25, 0.3) is 0 Å². The largest absolute Gasteiger partial charge is 0.313 e. The Morgan fingerprint density at radius 3 is 1.94 bits per heavy atom. The summed E-state index contributed by atoms with van der Waals surface area (Å²) in [5.74, 6) is 0. The van der Waals surface area contributed by atoms with Crippen LogP contribution in [-0.4, -0.2) is 48.2 Å². The van der Waals surface area contributed by atoms with Gasteiger partial charge in [0, 0.05) is 43.3 Å². The highest BCUT2D eigenvalue weighted by molar-refractivity contribution is 4.84. The summed E-state index contributed by atoms with van der Waals surface area (Å²) in [6.07, 6.45) is 2.57. The Kier molecular flexibility index (Phi) is 5.63. The molecule has 0 spiro atoms. The van der Waals surface area contributed by atoms with Crippen LogP contribution in [0.2, 0.25) is 0 Å². The Balaban J connectivity index is 2.13. The van der Waals surface area contributed by atoms with Crippen LogP contribution in [0.1, 0.15) is 54.4 Å². The van der Waals surface area contributed by atoms with Crippen molar-refractivity contribution in [3.63, 3.8) is 0 Å². The highest BCUT2D eigenvalue weighted by Gasteiger charge is 2.26. The lowest BCUT2D eigenvalue weighted by Gasteiger charge is -2.41. The highest BCUT2D eigenvalue weighted by Crippen LogP contribution is 2.19. The molecule has 0 aliphatic carbocycles. The molecule has 0 aromatic heterocycles. The summed E-state index contributed by atoms with van der Waals surface area (Å²) in [6, 6.07) is 0.713. The van der Waals surface area contributed by atoms with Crippen LogP contribution in [0, 0.1) is 0 Å². The Bertz CT molecular complexity index is 229. The minimum atomic E-state index is 0.233. The van der Waals surface area contributed by atoms with E-state index in [0.29, 0.717) is 11.6 Å². The van der Waals surface area contributed by atoms with Crippen LogP contribution in [0.5, 0.6) is 0 Å². The number of piperidine rings is 1. The van der Waals surface area contributed by atoms with Crippen molar-refractivity contribution in [1.29, 1.82) is 0 Å². The van der Waals surface area contributed by atoms with Gasteiger partial charge in [0.1, 0.15) is 0 Å². The number of nitrogens with zero attached hydrogens (tertiary/aromatic N) is 1. The fourth-order valence-electron chi connectivity index (χ4n) is 2.47. The highest BCUT2D eigenvalue weighted by atomic mass is 15.2. The molecule has 0 unspecified atom stereocenters. The second kappa shape index (κ2) is 6.36. The minimum Gasteiger partial charge on any atom is -0.313 e. The lowest BCUT2D eigenvalue weighted by Crippen LogP contribution is -2.51. The van der Waals surface area contributed by atoms with Gasteiger partial charge in [0.2, 0.25) is 0 Å². The first-order chi connectivity index (χ1) is 8.18. The van der Waals surface area contributed by atoms with Gasteiger partial charge in [-0.3, -0.25) is 4.90 Å². The van der Waals surface area contributed by atoms with Crippen LogP contribution >= 0.6 is 0 Å². The summed E-state index contributed by atoms with van der Waals surface area (Å²) < 4.78 is 0. The maximum absolute atomic E-state index is 3.68. The first-order valence-corrected chi connectivity index (χ1v) is 7.42. The molecular weight excluding hydrogens is 222 g/mol. The minimum absolute atomic E-state index is 0.233. The molecule has 1 saturated heterocycles. The molecule has 1 aliphatic heterocycles. The number of hydrogen-bond donors (Lipinski definition) is 2. The Hall–Kier alpha value is -0.120. The lowest BCUT2D eigenvalue weighted by molar-refractivity contribution is 0.0963. The van der Waals surface area contributed by atoms with Crippen LogP contribution in [-0.2, 0) is 0 Å². The van der Waals surface area contributed by atoms with Gasteiger partial charge in [-0.25, -0.2) is 0 Å². The third-order valence-electron chi connectivity index (χ3n) is 3.66. The standard InChI is InChI=1S/C15H33N3/c1-14(2,3)17-10-9-16-13-7-11-18(12-8-13)15(4,5)6/h13,16-17H,7-12H2,1-6H3. The van der Waals surface area contributed by atoms with Crippen molar-refractivity contribution in [2.45, 2.75) is 71.5 Å². The van der Waals surface area contributed by atoms with Crippen molar-refractivity contribution < 1.29 is 0 Å². The predicted molar refractivity (Wildman–Crippen MR) is 80.1 cm³/mol. The smallest absolute Gasteiger partial charge is 0.0125 e. The first-order valence-electron chi connectivity index (χ1n) is 7.42. The van der Waals surface area contributed by atoms with Crippen LogP contribution in [0.4, 0.5) is 0 Å². The molecule has 108 valence electrons. The van der Waals surface area contributed by atoms with E-state index in [1.165, 1.54) is 25.9 Å². The Morgan fingerprint density at radius 1 is 0.944 bits per heavy atom. The molecule has 0 radical (unpaired) electrons. The summed E-state index contributed by atoms with van der Waals surface area (Å²) in [5, 5.41) is 7.20. The van der Waals surface area contributed by atoms with Crippen LogP contribution in [0.15, 0.2) is 0 Å². The second-order valence-corrected chi connectivity index (χ2v) is 7.56. The molecule has 1 fully saturated rings. The molecule has 0 aromatic carbocycles. The van der Waals surface area contributed by atoms with Crippen molar-refractivity contribution in [1.82, 2.24) is 15.5 Å². The normalized spacial score (nSPS) is 20.3. The van der Waals surface area contributed by atoms with E-state index in [0.717, 1.165) is 13.1 Å². The van der Waals surface area contributed by atoms with Crippen molar-refractivity contribution in [2.24, 2.45) is 0 Å². The molecule has 0 atom stereocenters.